The van der Waals surface area contributed by atoms with Crippen molar-refractivity contribution >= 4 is 11.8 Å². The summed E-state index contributed by atoms with van der Waals surface area (Å²) in [5, 5.41) is 2.59. The molecule has 1 N–H and O–H groups in total. The minimum absolute atomic E-state index is 0.0210. The number of benzene rings is 3. The van der Waals surface area contributed by atoms with Gasteiger partial charge in [-0.25, -0.2) is 13.2 Å². The van der Waals surface area contributed by atoms with Gasteiger partial charge in [0, 0.05) is 37.5 Å². The fraction of sp³-hybridized carbons (Fsp3) is 0.355. The van der Waals surface area contributed by atoms with Gasteiger partial charge in [-0.3, -0.25) is 9.59 Å². The number of rotatable bonds is 10. The maximum absolute atomic E-state index is 13.5. The van der Waals surface area contributed by atoms with E-state index in [1.807, 2.05) is 0 Å². The summed E-state index contributed by atoms with van der Waals surface area (Å²) in [6.45, 7) is 1.12. The number of carbonyl (C=O) groups excluding carboxylic acids is 2. The van der Waals surface area contributed by atoms with Gasteiger partial charge in [0.15, 0.2) is 0 Å². The summed E-state index contributed by atoms with van der Waals surface area (Å²) in [6.07, 6.45) is -1.90. The predicted octanol–water partition coefficient (Wildman–Crippen LogP) is 7.09. The van der Waals surface area contributed by atoms with E-state index in [1.54, 1.807) is 29.2 Å². The van der Waals surface area contributed by atoms with Crippen molar-refractivity contribution in [3.8, 4) is 0 Å². The maximum Gasteiger partial charge on any atom is 0.419 e. The molecule has 4 rings (SSSR count). The van der Waals surface area contributed by atoms with Gasteiger partial charge in [0.25, 0.3) is 5.91 Å². The highest BCUT2D eigenvalue weighted by Crippen LogP contribution is 2.32. The highest BCUT2D eigenvalue weighted by atomic mass is 19.4. The second-order valence-electron chi connectivity index (χ2n) is 10.3. The molecule has 1 atom stereocenters. The molecular weight excluding hydrogens is 546 g/mol. The third-order valence-corrected chi connectivity index (χ3v) is 7.40. The summed E-state index contributed by atoms with van der Waals surface area (Å²) in [5.74, 6) is -3.01. The summed E-state index contributed by atoms with van der Waals surface area (Å²) in [5.41, 5.74) is 0.0294. The number of unbranched alkanes of at least 4 members (excludes halogenated alkanes) is 1. The molecule has 10 heteroatoms. The van der Waals surface area contributed by atoms with Crippen LogP contribution in [0.1, 0.15) is 65.1 Å². The molecule has 0 bridgehead atoms. The number of halogens is 6. The topological polar surface area (TPSA) is 49.4 Å². The lowest BCUT2D eigenvalue weighted by Crippen LogP contribution is -2.33. The maximum atomic E-state index is 13.5. The van der Waals surface area contributed by atoms with Crippen LogP contribution in [0.4, 0.5) is 26.3 Å². The van der Waals surface area contributed by atoms with Gasteiger partial charge >= 0.3 is 6.18 Å². The smallest absolute Gasteiger partial charge is 0.352 e. The molecule has 1 unspecified atom stereocenters. The molecular formula is C31H30F6N2O2. The van der Waals surface area contributed by atoms with E-state index in [4.69, 9.17) is 0 Å². The van der Waals surface area contributed by atoms with E-state index in [0.29, 0.717) is 50.9 Å². The van der Waals surface area contributed by atoms with Gasteiger partial charge in [-0.05, 0) is 78.8 Å². The minimum atomic E-state index is -4.91. The van der Waals surface area contributed by atoms with E-state index in [2.05, 4.69) is 5.32 Å². The Morgan fingerprint density at radius 3 is 2.07 bits per heavy atom. The third kappa shape index (κ3) is 8.11. The average molecular weight is 577 g/mol. The first-order chi connectivity index (χ1) is 19.5. The van der Waals surface area contributed by atoms with Gasteiger partial charge in [-0.15, -0.1) is 0 Å². The van der Waals surface area contributed by atoms with Gasteiger partial charge < -0.3 is 10.2 Å². The normalized spacial score (nSPS) is 15.4. The van der Waals surface area contributed by atoms with Crippen molar-refractivity contribution in [2.75, 3.05) is 19.6 Å². The lowest BCUT2D eigenvalue weighted by Gasteiger charge is -2.19. The SMILES string of the molecule is O=C(NCC1CCN(C(=O)CCCCC(c2ccc(F)cc2)c2ccc(F)cc2)C1)c1ccc(F)c(C(F)(F)F)c1. The van der Waals surface area contributed by atoms with Crippen molar-refractivity contribution in [3.05, 3.63) is 106 Å². The Morgan fingerprint density at radius 1 is 0.878 bits per heavy atom. The number of likely N-dealkylation sites (tertiary alicyclic amines) is 1. The molecule has 3 aromatic carbocycles. The summed E-state index contributed by atoms with van der Waals surface area (Å²) in [7, 11) is 0. The quantitative estimate of drug-likeness (QED) is 0.207. The zero-order chi connectivity index (χ0) is 29.6. The lowest BCUT2D eigenvalue weighted by atomic mass is 9.87. The first-order valence-corrected chi connectivity index (χ1v) is 13.4. The number of carbonyl (C=O) groups is 2. The summed E-state index contributed by atoms with van der Waals surface area (Å²) in [4.78, 5) is 26.9. The van der Waals surface area contributed by atoms with E-state index in [1.165, 1.54) is 24.3 Å². The molecule has 0 aromatic heterocycles. The second kappa shape index (κ2) is 13.2. The Kier molecular flexibility index (Phi) is 9.73. The average Bonchev–Trinajstić information content (AvgIpc) is 3.42. The van der Waals surface area contributed by atoms with Crippen LogP contribution in [0.15, 0.2) is 66.7 Å². The lowest BCUT2D eigenvalue weighted by molar-refractivity contribution is -0.140. The van der Waals surface area contributed by atoms with Crippen LogP contribution >= 0.6 is 0 Å². The van der Waals surface area contributed by atoms with Crippen LogP contribution in [0.2, 0.25) is 0 Å². The first kappa shape index (κ1) is 30.1. The van der Waals surface area contributed by atoms with Crippen molar-refractivity contribution in [3.63, 3.8) is 0 Å². The van der Waals surface area contributed by atoms with Crippen LogP contribution in [0.3, 0.4) is 0 Å². The highest BCUT2D eigenvalue weighted by molar-refractivity contribution is 5.94. The second-order valence-corrected chi connectivity index (χ2v) is 10.3. The van der Waals surface area contributed by atoms with E-state index >= 15 is 0 Å². The van der Waals surface area contributed by atoms with Gasteiger partial charge in [-0.2, -0.15) is 13.2 Å². The number of hydrogen-bond acceptors (Lipinski definition) is 2. The van der Waals surface area contributed by atoms with E-state index < -0.39 is 23.5 Å². The minimum Gasteiger partial charge on any atom is -0.352 e. The highest BCUT2D eigenvalue weighted by Gasteiger charge is 2.35. The molecule has 0 aliphatic carbocycles. The molecule has 0 spiro atoms. The number of amides is 2. The van der Waals surface area contributed by atoms with Gasteiger partial charge in [0.05, 0.1) is 5.56 Å². The van der Waals surface area contributed by atoms with Crippen molar-refractivity contribution in [1.82, 2.24) is 10.2 Å². The van der Waals surface area contributed by atoms with Crippen LogP contribution in [-0.4, -0.2) is 36.3 Å². The molecule has 41 heavy (non-hydrogen) atoms. The molecule has 2 amide bonds. The Bertz CT molecular complexity index is 1300. The Hall–Kier alpha value is -3.82. The number of nitrogens with zero attached hydrogens (tertiary/aromatic N) is 1. The fourth-order valence-corrected chi connectivity index (χ4v) is 5.15. The zero-order valence-corrected chi connectivity index (χ0v) is 22.2. The summed E-state index contributed by atoms with van der Waals surface area (Å²) < 4.78 is 79.2. The van der Waals surface area contributed by atoms with Crippen molar-refractivity contribution < 1.29 is 35.9 Å². The van der Waals surface area contributed by atoms with Crippen LogP contribution in [0.5, 0.6) is 0 Å². The Labute approximate surface area is 234 Å². The van der Waals surface area contributed by atoms with Crippen molar-refractivity contribution in [2.45, 2.75) is 44.2 Å². The Morgan fingerprint density at radius 2 is 1.49 bits per heavy atom. The standard InChI is InChI=1S/C31H30F6N2O2/c32-24-10-5-21(6-11-24)26(22-7-12-25(33)13-8-22)3-1-2-4-29(40)39-16-15-20(19-39)18-38-30(41)23-9-14-28(34)27(17-23)31(35,36)37/h5-14,17,20,26H,1-4,15-16,18-19H2,(H,38,41). The van der Waals surface area contributed by atoms with Crippen LogP contribution in [-0.2, 0) is 11.0 Å². The van der Waals surface area contributed by atoms with Crippen LogP contribution < -0.4 is 5.32 Å². The van der Waals surface area contributed by atoms with Crippen LogP contribution in [0.25, 0.3) is 0 Å². The fourth-order valence-electron chi connectivity index (χ4n) is 5.15. The molecule has 218 valence electrons. The van der Waals surface area contributed by atoms with Crippen LogP contribution in [0, 0.1) is 23.4 Å². The van der Waals surface area contributed by atoms with Gasteiger partial charge in [-0.1, -0.05) is 30.7 Å². The molecule has 1 saturated heterocycles. The first-order valence-electron chi connectivity index (χ1n) is 13.4. The molecule has 1 fully saturated rings. The third-order valence-electron chi connectivity index (χ3n) is 7.40. The number of alkyl halides is 3. The zero-order valence-electron chi connectivity index (χ0n) is 22.2. The molecule has 0 radical (unpaired) electrons. The summed E-state index contributed by atoms with van der Waals surface area (Å²) in [6, 6.07) is 14.5. The molecule has 1 aliphatic heterocycles. The number of hydrogen-bond donors (Lipinski definition) is 1. The molecule has 3 aromatic rings. The molecule has 0 saturated carbocycles. The number of nitrogens with one attached hydrogen (secondary N) is 1. The van der Waals surface area contributed by atoms with E-state index in [9.17, 15) is 35.9 Å². The molecule has 4 nitrogen and oxygen atoms in total. The monoisotopic (exact) mass is 576 g/mol. The van der Waals surface area contributed by atoms with Gasteiger partial charge in [0.1, 0.15) is 17.5 Å². The van der Waals surface area contributed by atoms with E-state index in [-0.39, 0.29) is 41.5 Å². The van der Waals surface area contributed by atoms with E-state index in [0.717, 1.165) is 23.6 Å². The molecule has 1 aliphatic rings. The largest absolute Gasteiger partial charge is 0.419 e. The predicted molar refractivity (Wildman–Crippen MR) is 142 cm³/mol. The molecule has 1 heterocycles. The van der Waals surface area contributed by atoms with Crippen molar-refractivity contribution in [1.29, 1.82) is 0 Å². The van der Waals surface area contributed by atoms with Gasteiger partial charge in [0.2, 0.25) is 5.91 Å². The summed E-state index contributed by atoms with van der Waals surface area (Å²) >= 11 is 0. The Balaban J connectivity index is 1.23. The van der Waals surface area contributed by atoms with Crippen molar-refractivity contribution in [2.24, 2.45) is 5.92 Å².